The van der Waals surface area contributed by atoms with E-state index in [2.05, 4.69) is 15.3 Å². The molecule has 1 aliphatic heterocycles. The van der Waals surface area contributed by atoms with Crippen molar-refractivity contribution in [1.82, 2.24) is 14.9 Å². The highest BCUT2D eigenvalue weighted by Crippen LogP contribution is 2.40. The topological polar surface area (TPSA) is 84.4 Å². The maximum atomic E-state index is 13.3. The number of anilines is 1. The van der Waals surface area contributed by atoms with Gasteiger partial charge in [0.05, 0.1) is 24.5 Å². The molecular formula is C22H22N4O3S2. The lowest BCUT2D eigenvalue weighted by Gasteiger charge is -2.27. The van der Waals surface area contributed by atoms with Crippen LogP contribution in [-0.4, -0.2) is 58.7 Å². The molecule has 1 aromatic carbocycles. The number of hydrogen-bond acceptors (Lipinski definition) is 7. The van der Waals surface area contributed by atoms with Crippen molar-refractivity contribution in [3.63, 3.8) is 0 Å². The summed E-state index contributed by atoms with van der Waals surface area (Å²) in [4.78, 5) is 37.0. The molecule has 1 aliphatic rings. The number of aromatic nitrogens is 2. The summed E-state index contributed by atoms with van der Waals surface area (Å²) in [6.07, 6.45) is 3.28. The third-order valence-corrected chi connectivity index (χ3v) is 6.95. The van der Waals surface area contributed by atoms with Crippen molar-refractivity contribution in [2.24, 2.45) is 0 Å². The predicted octanol–water partition coefficient (Wildman–Crippen LogP) is 3.72. The molecule has 0 spiro atoms. The van der Waals surface area contributed by atoms with E-state index in [4.69, 9.17) is 4.74 Å². The van der Waals surface area contributed by atoms with Crippen LogP contribution in [-0.2, 0) is 9.53 Å². The van der Waals surface area contributed by atoms with E-state index >= 15 is 0 Å². The minimum Gasteiger partial charge on any atom is -0.378 e. The van der Waals surface area contributed by atoms with E-state index in [-0.39, 0.29) is 17.6 Å². The number of hydrogen-bond donors (Lipinski definition) is 1. The molecule has 0 saturated carbocycles. The molecule has 0 aliphatic carbocycles. The van der Waals surface area contributed by atoms with Gasteiger partial charge >= 0.3 is 0 Å². The van der Waals surface area contributed by atoms with Gasteiger partial charge in [0, 0.05) is 30.4 Å². The van der Waals surface area contributed by atoms with Crippen LogP contribution < -0.4 is 5.32 Å². The minimum absolute atomic E-state index is 0.0754. The van der Waals surface area contributed by atoms with Gasteiger partial charge in [-0.25, -0.2) is 9.97 Å². The molecule has 31 heavy (non-hydrogen) atoms. The first-order valence-corrected chi connectivity index (χ1v) is 11.7. The molecule has 9 heteroatoms. The molecule has 0 atom stereocenters. The molecule has 1 saturated heterocycles. The van der Waals surface area contributed by atoms with E-state index in [0.29, 0.717) is 42.0 Å². The Hall–Kier alpha value is -2.75. The molecule has 0 bridgehead atoms. The molecule has 3 aromatic rings. The Bertz CT molecular complexity index is 1050. The standard InChI is InChI=1S/C22H22N4O3S2/c1-15-18(21(28)26-10-12-29-13-11-26)20(31-19(15)16-6-3-2-4-7-16)25-17(27)14-30-22-23-8-5-9-24-22/h2-9H,10-14H2,1H3,(H,25,27). The van der Waals surface area contributed by atoms with Crippen LogP contribution in [0.2, 0.25) is 0 Å². The Balaban J connectivity index is 1.60. The number of thioether (sulfide) groups is 1. The number of morpholine rings is 1. The van der Waals surface area contributed by atoms with Gasteiger partial charge < -0.3 is 15.0 Å². The van der Waals surface area contributed by atoms with Crippen LogP contribution in [0.25, 0.3) is 10.4 Å². The van der Waals surface area contributed by atoms with Crippen molar-refractivity contribution in [1.29, 1.82) is 0 Å². The number of benzene rings is 1. The highest BCUT2D eigenvalue weighted by Gasteiger charge is 2.28. The fourth-order valence-electron chi connectivity index (χ4n) is 3.30. The zero-order chi connectivity index (χ0) is 21.6. The summed E-state index contributed by atoms with van der Waals surface area (Å²) in [6, 6.07) is 11.6. The summed E-state index contributed by atoms with van der Waals surface area (Å²) in [7, 11) is 0. The summed E-state index contributed by atoms with van der Waals surface area (Å²) in [5.41, 5.74) is 2.45. The lowest BCUT2D eigenvalue weighted by Crippen LogP contribution is -2.41. The Morgan fingerprint density at radius 2 is 1.84 bits per heavy atom. The molecule has 2 amide bonds. The monoisotopic (exact) mass is 454 g/mol. The number of rotatable bonds is 6. The second-order valence-electron chi connectivity index (χ2n) is 6.90. The average Bonchev–Trinajstić information content (AvgIpc) is 3.14. The fraction of sp³-hybridized carbons (Fsp3) is 0.273. The molecule has 2 aromatic heterocycles. The zero-order valence-corrected chi connectivity index (χ0v) is 18.7. The molecule has 160 valence electrons. The van der Waals surface area contributed by atoms with Crippen molar-refractivity contribution < 1.29 is 14.3 Å². The molecule has 1 fully saturated rings. The first kappa shape index (κ1) is 21.5. The average molecular weight is 455 g/mol. The van der Waals surface area contributed by atoms with E-state index in [1.165, 1.54) is 23.1 Å². The van der Waals surface area contributed by atoms with E-state index in [1.54, 1.807) is 23.4 Å². The summed E-state index contributed by atoms with van der Waals surface area (Å²) in [5, 5.41) is 4.07. The van der Waals surface area contributed by atoms with Gasteiger partial charge in [-0.05, 0) is 24.1 Å². The van der Waals surface area contributed by atoms with Gasteiger partial charge in [0.25, 0.3) is 5.91 Å². The van der Waals surface area contributed by atoms with Crippen molar-refractivity contribution in [3.05, 3.63) is 59.9 Å². The third-order valence-electron chi connectivity index (χ3n) is 4.82. The minimum atomic E-state index is -0.200. The zero-order valence-electron chi connectivity index (χ0n) is 17.0. The van der Waals surface area contributed by atoms with Crippen LogP contribution in [0, 0.1) is 6.92 Å². The van der Waals surface area contributed by atoms with E-state index in [9.17, 15) is 9.59 Å². The van der Waals surface area contributed by atoms with Crippen LogP contribution in [0.1, 0.15) is 15.9 Å². The number of thiophene rings is 1. The lowest BCUT2D eigenvalue weighted by atomic mass is 10.1. The first-order chi connectivity index (χ1) is 15.1. The van der Waals surface area contributed by atoms with E-state index in [0.717, 1.165) is 16.0 Å². The van der Waals surface area contributed by atoms with Gasteiger partial charge in [0.15, 0.2) is 5.16 Å². The molecular weight excluding hydrogens is 432 g/mol. The molecule has 7 nitrogen and oxygen atoms in total. The van der Waals surface area contributed by atoms with Gasteiger partial charge in [-0.15, -0.1) is 11.3 Å². The smallest absolute Gasteiger partial charge is 0.257 e. The predicted molar refractivity (Wildman–Crippen MR) is 123 cm³/mol. The SMILES string of the molecule is Cc1c(-c2ccccc2)sc(NC(=O)CSc2ncccn2)c1C(=O)N1CCOCC1. The fourth-order valence-corrected chi connectivity index (χ4v) is 5.12. The number of nitrogens with one attached hydrogen (secondary N) is 1. The second kappa shape index (κ2) is 10.0. The van der Waals surface area contributed by atoms with Crippen LogP contribution >= 0.6 is 23.1 Å². The highest BCUT2D eigenvalue weighted by atomic mass is 32.2. The second-order valence-corrected chi connectivity index (χ2v) is 8.86. The molecule has 0 radical (unpaired) electrons. The number of carbonyl (C=O) groups excluding carboxylic acids is 2. The Kier molecular flexibility index (Phi) is 6.96. The normalized spacial score (nSPS) is 13.8. The molecule has 3 heterocycles. The van der Waals surface area contributed by atoms with Crippen LogP contribution in [0.15, 0.2) is 53.9 Å². The highest BCUT2D eigenvalue weighted by molar-refractivity contribution is 7.99. The van der Waals surface area contributed by atoms with Crippen LogP contribution in [0.4, 0.5) is 5.00 Å². The maximum absolute atomic E-state index is 13.3. The maximum Gasteiger partial charge on any atom is 0.257 e. The van der Waals surface area contributed by atoms with Gasteiger partial charge in [0.2, 0.25) is 5.91 Å². The summed E-state index contributed by atoms with van der Waals surface area (Å²) >= 11 is 2.69. The summed E-state index contributed by atoms with van der Waals surface area (Å²) in [5.74, 6) is -0.116. The Morgan fingerprint density at radius 3 is 2.55 bits per heavy atom. The van der Waals surface area contributed by atoms with Gasteiger partial charge in [-0.3, -0.25) is 9.59 Å². The van der Waals surface area contributed by atoms with Crippen molar-refractivity contribution >= 4 is 39.9 Å². The molecule has 1 N–H and O–H groups in total. The molecule has 4 rings (SSSR count). The number of amides is 2. The van der Waals surface area contributed by atoms with Crippen molar-refractivity contribution in [3.8, 4) is 10.4 Å². The quantitative estimate of drug-likeness (QED) is 0.451. The number of ether oxygens (including phenoxy) is 1. The largest absolute Gasteiger partial charge is 0.378 e. The van der Waals surface area contributed by atoms with Gasteiger partial charge in [-0.1, -0.05) is 42.1 Å². The number of nitrogens with zero attached hydrogens (tertiary/aromatic N) is 3. The van der Waals surface area contributed by atoms with E-state index in [1.807, 2.05) is 37.3 Å². The summed E-state index contributed by atoms with van der Waals surface area (Å²) in [6.45, 7) is 4.08. The van der Waals surface area contributed by atoms with E-state index < -0.39 is 0 Å². The molecule has 0 unspecified atom stereocenters. The van der Waals surface area contributed by atoms with Crippen molar-refractivity contribution in [2.45, 2.75) is 12.1 Å². The van der Waals surface area contributed by atoms with Gasteiger partial charge in [-0.2, -0.15) is 0 Å². The van der Waals surface area contributed by atoms with Crippen LogP contribution in [0.5, 0.6) is 0 Å². The van der Waals surface area contributed by atoms with Gasteiger partial charge in [0.1, 0.15) is 5.00 Å². The lowest BCUT2D eigenvalue weighted by molar-refractivity contribution is -0.113. The van der Waals surface area contributed by atoms with Crippen LogP contribution in [0.3, 0.4) is 0 Å². The Labute approximate surface area is 188 Å². The van der Waals surface area contributed by atoms with Crippen molar-refractivity contribution in [2.75, 3.05) is 37.4 Å². The third kappa shape index (κ3) is 5.12. The summed E-state index contributed by atoms with van der Waals surface area (Å²) < 4.78 is 5.38. The number of carbonyl (C=O) groups is 2. The Morgan fingerprint density at radius 1 is 1.13 bits per heavy atom. The first-order valence-electron chi connectivity index (χ1n) is 9.89.